The van der Waals surface area contributed by atoms with Gasteiger partial charge in [0.2, 0.25) is 0 Å². The molecule has 4 heteroatoms. The predicted molar refractivity (Wildman–Crippen MR) is 85.5 cm³/mol. The molecule has 0 spiro atoms. The molecule has 0 heterocycles. The van der Waals surface area contributed by atoms with Gasteiger partial charge in [0.15, 0.2) is 0 Å². The molecule has 0 aliphatic heterocycles. The van der Waals surface area contributed by atoms with Crippen molar-refractivity contribution in [2.75, 3.05) is 20.8 Å². The highest BCUT2D eigenvalue weighted by atomic mass is 79.9. The molecule has 2 rings (SSSR count). The lowest BCUT2D eigenvalue weighted by Gasteiger charge is -2.47. The number of methoxy groups -OCH3 is 2. The highest BCUT2D eigenvalue weighted by molar-refractivity contribution is 9.10. The van der Waals surface area contributed by atoms with Crippen LogP contribution in [0.2, 0.25) is 0 Å². The van der Waals surface area contributed by atoms with Crippen LogP contribution in [-0.2, 0) is 11.2 Å². The minimum absolute atomic E-state index is 0.00146. The Bertz CT molecular complexity index is 441. The Morgan fingerprint density at radius 1 is 1.35 bits per heavy atom. The molecule has 1 saturated carbocycles. The van der Waals surface area contributed by atoms with Gasteiger partial charge in [-0.2, -0.15) is 0 Å². The quantitative estimate of drug-likeness (QED) is 0.822. The number of nitrogens with one attached hydrogen (secondary N) is 1. The van der Waals surface area contributed by atoms with Gasteiger partial charge in [0.05, 0.1) is 12.7 Å². The third-order valence-corrected chi connectivity index (χ3v) is 5.14. The summed E-state index contributed by atoms with van der Waals surface area (Å²) in [4.78, 5) is 0. The van der Waals surface area contributed by atoms with Crippen LogP contribution in [0.1, 0.15) is 31.7 Å². The summed E-state index contributed by atoms with van der Waals surface area (Å²) in [5, 5.41) is 3.60. The van der Waals surface area contributed by atoms with Gasteiger partial charge >= 0.3 is 0 Å². The van der Waals surface area contributed by atoms with E-state index in [9.17, 15) is 0 Å². The number of likely N-dealkylation sites (N-methyl/N-ethyl adjacent to an activating group) is 1. The monoisotopic (exact) mass is 341 g/mol. The molecule has 0 aromatic heterocycles. The lowest BCUT2D eigenvalue weighted by atomic mass is 9.72. The molecule has 0 radical (unpaired) electrons. The van der Waals surface area contributed by atoms with E-state index in [1.54, 1.807) is 7.11 Å². The summed E-state index contributed by atoms with van der Waals surface area (Å²) in [6.45, 7) is 3.10. The first-order chi connectivity index (χ1) is 9.65. The third-order valence-electron chi connectivity index (χ3n) is 4.37. The summed E-state index contributed by atoms with van der Waals surface area (Å²) in [6, 6.07) is 6.48. The van der Waals surface area contributed by atoms with Crippen molar-refractivity contribution in [2.45, 2.75) is 44.2 Å². The number of halogens is 1. The third kappa shape index (κ3) is 3.18. The molecular formula is C16H24BrNO2. The largest absolute Gasteiger partial charge is 0.497 e. The van der Waals surface area contributed by atoms with E-state index < -0.39 is 0 Å². The maximum Gasteiger partial charge on any atom is 0.119 e. The van der Waals surface area contributed by atoms with Crippen molar-refractivity contribution >= 4 is 15.9 Å². The summed E-state index contributed by atoms with van der Waals surface area (Å²) in [6.07, 6.45) is 4.49. The minimum Gasteiger partial charge on any atom is -0.497 e. The van der Waals surface area contributed by atoms with Crippen LogP contribution >= 0.6 is 15.9 Å². The molecule has 1 N–H and O–H groups in total. The van der Waals surface area contributed by atoms with Gasteiger partial charge in [-0.1, -0.05) is 22.9 Å². The van der Waals surface area contributed by atoms with Crippen LogP contribution in [-0.4, -0.2) is 32.4 Å². The van der Waals surface area contributed by atoms with Gasteiger partial charge in [-0.05, 0) is 56.0 Å². The molecule has 1 aromatic rings. The number of hydrogen-bond donors (Lipinski definition) is 1. The lowest BCUT2D eigenvalue weighted by Crippen LogP contribution is -2.57. The van der Waals surface area contributed by atoms with Crippen LogP contribution in [0, 0.1) is 0 Å². The molecule has 1 unspecified atom stereocenters. The molecular weight excluding hydrogens is 318 g/mol. The van der Waals surface area contributed by atoms with Gasteiger partial charge in [-0.3, -0.25) is 0 Å². The molecule has 0 amide bonds. The molecule has 1 aliphatic rings. The first kappa shape index (κ1) is 15.8. The van der Waals surface area contributed by atoms with E-state index in [0.717, 1.165) is 36.0 Å². The Hall–Kier alpha value is -0.580. The lowest BCUT2D eigenvalue weighted by molar-refractivity contribution is -0.0978. The molecule has 20 heavy (non-hydrogen) atoms. The van der Waals surface area contributed by atoms with E-state index in [2.05, 4.69) is 40.3 Å². The van der Waals surface area contributed by atoms with E-state index in [1.807, 2.05) is 13.2 Å². The van der Waals surface area contributed by atoms with Crippen LogP contribution in [0.5, 0.6) is 5.75 Å². The molecule has 1 atom stereocenters. The van der Waals surface area contributed by atoms with Crippen LogP contribution in [0.4, 0.5) is 0 Å². The summed E-state index contributed by atoms with van der Waals surface area (Å²) in [5.74, 6) is 0.901. The molecule has 1 aromatic carbocycles. The average molecular weight is 342 g/mol. The summed E-state index contributed by atoms with van der Waals surface area (Å²) in [7, 11) is 3.54. The van der Waals surface area contributed by atoms with Crippen LogP contribution < -0.4 is 10.1 Å². The van der Waals surface area contributed by atoms with E-state index in [-0.39, 0.29) is 5.60 Å². The fraction of sp³-hybridized carbons (Fsp3) is 0.625. The second kappa shape index (κ2) is 6.92. The normalized spacial score (nSPS) is 18.4. The molecule has 0 bridgehead atoms. The van der Waals surface area contributed by atoms with E-state index >= 15 is 0 Å². The van der Waals surface area contributed by atoms with Crippen molar-refractivity contribution in [2.24, 2.45) is 0 Å². The van der Waals surface area contributed by atoms with Crippen LogP contribution in [0.15, 0.2) is 22.7 Å². The van der Waals surface area contributed by atoms with Crippen LogP contribution in [0.3, 0.4) is 0 Å². The van der Waals surface area contributed by atoms with Crippen molar-refractivity contribution in [3.05, 3.63) is 28.2 Å². The predicted octanol–water partition coefficient (Wildman–Crippen LogP) is 3.55. The van der Waals surface area contributed by atoms with E-state index in [4.69, 9.17) is 9.47 Å². The van der Waals surface area contributed by atoms with Gasteiger partial charge in [-0.15, -0.1) is 0 Å². The van der Waals surface area contributed by atoms with Gasteiger partial charge in [0.1, 0.15) is 5.75 Å². The number of ether oxygens (including phenoxy) is 2. The van der Waals surface area contributed by atoms with Gasteiger partial charge in [-0.25, -0.2) is 0 Å². The van der Waals surface area contributed by atoms with Crippen LogP contribution in [0.25, 0.3) is 0 Å². The number of rotatable bonds is 7. The highest BCUT2D eigenvalue weighted by Crippen LogP contribution is 2.40. The van der Waals surface area contributed by atoms with E-state index in [0.29, 0.717) is 6.04 Å². The topological polar surface area (TPSA) is 30.5 Å². The zero-order valence-corrected chi connectivity index (χ0v) is 14.1. The summed E-state index contributed by atoms with van der Waals surface area (Å²) in [5.41, 5.74) is 1.26. The average Bonchev–Trinajstić information content (AvgIpc) is 2.41. The smallest absolute Gasteiger partial charge is 0.119 e. The van der Waals surface area contributed by atoms with Crippen molar-refractivity contribution in [1.82, 2.24) is 5.32 Å². The molecule has 1 fully saturated rings. The highest BCUT2D eigenvalue weighted by Gasteiger charge is 2.44. The first-order valence-electron chi connectivity index (χ1n) is 7.26. The SMILES string of the molecule is CCNC(Cc1cc(OC)ccc1Br)C1(OC)CCC1. The van der Waals surface area contributed by atoms with Crippen molar-refractivity contribution in [3.63, 3.8) is 0 Å². The van der Waals surface area contributed by atoms with Crippen molar-refractivity contribution in [1.29, 1.82) is 0 Å². The van der Waals surface area contributed by atoms with Gasteiger partial charge < -0.3 is 14.8 Å². The van der Waals surface area contributed by atoms with Gasteiger partial charge in [0.25, 0.3) is 0 Å². The van der Waals surface area contributed by atoms with Crippen molar-refractivity contribution < 1.29 is 9.47 Å². The van der Waals surface area contributed by atoms with E-state index in [1.165, 1.54) is 12.0 Å². The summed E-state index contributed by atoms with van der Waals surface area (Å²) < 4.78 is 12.3. The minimum atomic E-state index is -0.00146. The Labute approximate surface area is 130 Å². The Morgan fingerprint density at radius 2 is 2.10 bits per heavy atom. The second-order valence-electron chi connectivity index (χ2n) is 5.39. The fourth-order valence-electron chi connectivity index (χ4n) is 2.97. The molecule has 3 nitrogen and oxygen atoms in total. The molecule has 1 aliphatic carbocycles. The zero-order valence-electron chi connectivity index (χ0n) is 12.5. The molecule has 0 saturated heterocycles. The molecule has 112 valence electrons. The first-order valence-corrected chi connectivity index (χ1v) is 8.05. The fourth-order valence-corrected chi connectivity index (χ4v) is 3.37. The second-order valence-corrected chi connectivity index (χ2v) is 6.25. The van der Waals surface area contributed by atoms with Crippen molar-refractivity contribution in [3.8, 4) is 5.75 Å². The summed E-state index contributed by atoms with van der Waals surface area (Å²) >= 11 is 3.64. The standard InChI is InChI=1S/C16H24BrNO2/c1-4-18-15(16(20-3)8-5-9-16)11-12-10-13(19-2)6-7-14(12)17/h6-7,10,15,18H,4-5,8-9,11H2,1-3H3. The Kier molecular flexibility index (Phi) is 5.47. The Balaban J connectivity index is 2.19. The Morgan fingerprint density at radius 3 is 2.60 bits per heavy atom. The zero-order chi connectivity index (χ0) is 14.6. The number of hydrogen-bond acceptors (Lipinski definition) is 3. The number of benzene rings is 1. The maximum atomic E-state index is 5.85. The maximum absolute atomic E-state index is 5.85. The van der Waals surface area contributed by atoms with Gasteiger partial charge in [0, 0.05) is 17.6 Å².